The Morgan fingerprint density at radius 1 is 1.24 bits per heavy atom. The molecule has 134 valence electrons. The monoisotopic (exact) mass is 344 g/mol. The summed E-state index contributed by atoms with van der Waals surface area (Å²) in [6.45, 7) is 5.05. The standard InChI is InChI=1S/C16H24N8O/c1-3-4-9-24-15(21-22-23-24)20-16(25)17-10-14-18-11(2)12-7-5-6-8-13(12)19-14/h3-10H2,1-2H3,(H2,17,20,21,23,25). The zero-order valence-electron chi connectivity index (χ0n) is 14.7. The fraction of sp³-hybridized carbons (Fsp3) is 0.625. The van der Waals surface area contributed by atoms with E-state index in [0.29, 0.717) is 18.3 Å². The largest absolute Gasteiger partial charge is 0.330 e. The van der Waals surface area contributed by atoms with E-state index in [-0.39, 0.29) is 12.6 Å². The van der Waals surface area contributed by atoms with E-state index in [1.165, 1.54) is 12.0 Å². The van der Waals surface area contributed by atoms with Crippen molar-refractivity contribution >= 4 is 12.0 Å². The molecule has 2 heterocycles. The number of rotatable bonds is 6. The summed E-state index contributed by atoms with van der Waals surface area (Å²) in [6.07, 6.45) is 6.38. The van der Waals surface area contributed by atoms with E-state index >= 15 is 0 Å². The Balaban J connectivity index is 1.58. The molecule has 0 saturated carbocycles. The van der Waals surface area contributed by atoms with Crippen LogP contribution in [-0.2, 0) is 25.9 Å². The molecule has 0 saturated heterocycles. The minimum absolute atomic E-state index is 0.274. The van der Waals surface area contributed by atoms with E-state index in [1.807, 2.05) is 6.92 Å². The SMILES string of the molecule is CCCCn1nnnc1NC(=O)NCc1nc(C)c2c(n1)CCCC2. The number of fused-ring (bicyclic) bond motifs is 1. The Morgan fingerprint density at radius 3 is 2.92 bits per heavy atom. The first-order valence-electron chi connectivity index (χ1n) is 8.83. The molecule has 2 aromatic heterocycles. The second-order valence-electron chi connectivity index (χ2n) is 6.24. The number of anilines is 1. The Morgan fingerprint density at radius 2 is 2.08 bits per heavy atom. The number of tetrazole rings is 1. The Labute approximate surface area is 146 Å². The molecule has 2 N–H and O–H groups in total. The minimum Gasteiger partial charge on any atom is -0.330 e. The van der Waals surface area contributed by atoms with Crippen LogP contribution in [0.3, 0.4) is 0 Å². The highest BCUT2D eigenvalue weighted by Crippen LogP contribution is 2.21. The third-order valence-corrected chi connectivity index (χ3v) is 4.32. The lowest BCUT2D eigenvalue weighted by Crippen LogP contribution is -2.30. The molecule has 0 spiro atoms. The highest BCUT2D eigenvalue weighted by Gasteiger charge is 2.16. The summed E-state index contributed by atoms with van der Waals surface area (Å²) >= 11 is 0. The van der Waals surface area contributed by atoms with Gasteiger partial charge in [-0.15, -0.1) is 0 Å². The van der Waals surface area contributed by atoms with E-state index in [2.05, 4.69) is 43.1 Å². The number of hydrogen-bond donors (Lipinski definition) is 2. The van der Waals surface area contributed by atoms with Crippen molar-refractivity contribution < 1.29 is 4.79 Å². The number of unbranched alkanes of at least 4 members (excludes halogenated alkanes) is 1. The number of aryl methyl sites for hydroxylation is 3. The van der Waals surface area contributed by atoms with Gasteiger partial charge >= 0.3 is 6.03 Å². The molecule has 1 aliphatic rings. The Kier molecular flexibility index (Phi) is 5.52. The summed E-state index contributed by atoms with van der Waals surface area (Å²) in [4.78, 5) is 21.2. The zero-order chi connectivity index (χ0) is 17.6. The van der Waals surface area contributed by atoms with Crippen LogP contribution in [0.5, 0.6) is 0 Å². The number of urea groups is 1. The maximum absolute atomic E-state index is 12.1. The molecule has 0 aliphatic heterocycles. The normalized spacial score (nSPS) is 13.4. The summed E-state index contributed by atoms with van der Waals surface area (Å²) in [7, 11) is 0. The quantitative estimate of drug-likeness (QED) is 0.826. The van der Waals surface area contributed by atoms with E-state index in [1.54, 1.807) is 4.68 Å². The predicted molar refractivity (Wildman–Crippen MR) is 92.0 cm³/mol. The molecule has 0 atom stereocenters. The molecule has 9 nitrogen and oxygen atoms in total. The molecule has 0 aromatic carbocycles. The molecule has 2 amide bonds. The van der Waals surface area contributed by atoms with Crippen LogP contribution >= 0.6 is 0 Å². The number of amides is 2. The molecule has 25 heavy (non-hydrogen) atoms. The minimum atomic E-state index is -0.369. The summed E-state index contributed by atoms with van der Waals surface area (Å²) in [5.41, 5.74) is 3.42. The maximum atomic E-state index is 12.1. The van der Waals surface area contributed by atoms with E-state index < -0.39 is 0 Å². The Bertz CT molecular complexity index is 742. The van der Waals surface area contributed by atoms with Crippen molar-refractivity contribution in [3.63, 3.8) is 0 Å². The second-order valence-corrected chi connectivity index (χ2v) is 6.24. The van der Waals surface area contributed by atoms with Crippen LogP contribution in [0.1, 0.15) is 55.4 Å². The van der Waals surface area contributed by atoms with Gasteiger partial charge in [-0.2, -0.15) is 0 Å². The van der Waals surface area contributed by atoms with Gasteiger partial charge in [0.2, 0.25) is 0 Å². The van der Waals surface area contributed by atoms with Gasteiger partial charge in [0.1, 0.15) is 5.82 Å². The number of nitrogens with one attached hydrogen (secondary N) is 2. The molecule has 9 heteroatoms. The highest BCUT2D eigenvalue weighted by molar-refractivity contribution is 5.87. The van der Waals surface area contributed by atoms with Crippen molar-refractivity contribution in [2.45, 2.75) is 65.5 Å². The Hall–Kier alpha value is -2.58. The van der Waals surface area contributed by atoms with E-state index in [0.717, 1.165) is 43.5 Å². The van der Waals surface area contributed by atoms with Gasteiger partial charge in [-0.05, 0) is 55.0 Å². The molecule has 1 aliphatic carbocycles. The van der Waals surface area contributed by atoms with Gasteiger partial charge in [0.05, 0.1) is 6.54 Å². The van der Waals surface area contributed by atoms with Gasteiger partial charge in [-0.1, -0.05) is 18.4 Å². The van der Waals surface area contributed by atoms with Gasteiger partial charge in [0.15, 0.2) is 0 Å². The third kappa shape index (κ3) is 4.28. The fourth-order valence-corrected chi connectivity index (χ4v) is 2.98. The van der Waals surface area contributed by atoms with E-state index in [4.69, 9.17) is 0 Å². The predicted octanol–water partition coefficient (Wildman–Crippen LogP) is 1.77. The van der Waals surface area contributed by atoms with Crippen LogP contribution in [0.2, 0.25) is 0 Å². The average molecular weight is 344 g/mol. The third-order valence-electron chi connectivity index (χ3n) is 4.32. The molecule has 0 bridgehead atoms. The average Bonchev–Trinajstić information content (AvgIpc) is 3.05. The molecule has 0 radical (unpaired) electrons. The van der Waals surface area contributed by atoms with Crippen LogP contribution in [0, 0.1) is 6.92 Å². The lowest BCUT2D eigenvalue weighted by Gasteiger charge is -2.17. The number of aromatic nitrogens is 6. The summed E-state index contributed by atoms with van der Waals surface area (Å²) < 4.78 is 1.59. The molecule has 3 rings (SSSR count). The van der Waals surface area contributed by atoms with Gasteiger partial charge < -0.3 is 5.32 Å². The van der Waals surface area contributed by atoms with Gasteiger partial charge in [0.25, 0.3) is 5.95 Å². The molecule has 0 unspecified atom stereocenters. The van der Waals surface area contributed by atoms with Crippen LogP contribution in [-0.4, -0.2) is 36.2 Å². The number of carbonyl (C=O) groups is 1. The zero-order valence-corrected chi connectivity index (χ0v) is 14.7. The van der Waals surface area contributed by atoms with Gasteiger partial charge in [-0.3, -0.25) is 5.32 Å². The molecule has 0 fully saturated rings. The van der Waals surface area contributed by atoms with Crippen molar-refractivity contribution in [2.75, 3.05) is 5.32 Å². The van der Waals surface area contributed by atoms with Crippen molar-refractivity contribution in [2.24, 2.45) is 0 Å². The smallest absolute Gasteiger partial charge is 0.322 e. The molecular weight excluding hydrogens is 320 g/mol. The van der Waals surface area contributed by atoms with Crippen LogP contribution in [0.4, 0.5) is 10.7 Å². The van der Waals surface area contributed by atoms with E-state index in [9.17, 15) is 4.79 Å². The second kappa shape index (κ2) is 8.00. The molecular formula is C16H24N8O. The van der Waals surface area contributed by atoms with Crippen LogP contribution in [0.25, 0.3) is 0 Å². The first-order valence-corrected chi connectivity index (χ1v) is 8.83. The lowest BCUT2D eigenvalue weighted by molar-refractivity contribution is 0.251. The molecule has 2 aromatic rings. The summed E-state index contributed by atoms with van der Waals surface area (Å²) in [5.74, 6) is 0.979. The highest BCUT2D eigenvalue weighted by atomic mass is 16.2. The van der Waals surface area contributed by atoms with Crippen molar-refractivity contribution in [1.29, 1.82) is 0 Å². The lowest BCUT2D eigenvalue weighted by atomic mass is 9.95. The topological polar surface area (TPSA) is 111 Å². The van der Waals surface area contributed by atoms with Crippen molar-refractivity contribution in [1.82, 2.24) is 35.5 Å². The number of hydrogen-bond acceptors (Lipinski definition) is 6. The van der Waals surface area contributed by atoms with Gasteiger partial charge in [-0.25, -0.2) is 19.4 Å². The maximum Gasteiger partial charge on any atom is 0.322 e. The van der Waals surface area contributed by atoms with Crippen LogP contribution < -0.4 is 10.6 Å². The number of carbonyl (C=O) groups excluding carboxylic acids is 1. The number of nitrogens with zero attached hydrogens (tertiary/aromatic N) is 6. The summed E-state index contributed by atoms with van der Waals surface area (Å²) in [5, 5.41) is 16.7. The summed E-state index contributed by atoms with van der Waals surface area (Å²) in [6, 6.07) is -0.369. The first kappa shape index (κ1) is 17.2. The van der Waals surface area contributed by atoms with Gasteiger partial charge in [0, 0.05) is 17.9 Å². The van der Waals surface area contributed by atoms with Crippen LogP contribution in [0.15, 0.2) is 0 Å². The fourth-order valence-electron chi connectivity index (χ4n) is 2.98. The van der Waals surface area contributed by atoms with Crippen molar-refractivity contribution in [3.05, 3.63) is 22.8 Å². The van der Waals surface area contributed by atoms with Crippen molar-refractivity contribution in [3.8, 4) is 0 Å². The first-order chi connectivity index (χ1) is 12.2.